The maximum absolute atomic E-state index is 11.8. The van der Waals surface area contributed by atoms with Crippen LogP contribution in [0.1, 0.15) is 12.8 Å². The van der Waals surface area contributed by atoms with Crippen molar-refractivity contribution in [2.45, 2.75) is 18.9 Å². The molecular formula is C11H14BrClN2O. The summed E-state index contributed by atoms with van der Waals surface area (Å²) in [6, 6.07) is 7.40. The van der Waals surface area contributed by atoms with Gasteiger partial charge in [-0.1, -0.05) is 15.9 Å². The fraction of sp³-hybridized carbons (Fsp3) is 0.364. The second-order valence-electron chi connectivity index (χ2n) is 3.72. The van der Waals surface area contributed by atoms with Crippen LogP contribution in [0.2, 0.25) is 0 Å². The van der Waals surface area contributed by atoms with Gasteiger partial charge >= 0.3 is 0 Å². The molecule has 0 bridgehead atoms. The molecule has 0 unspecified atom stereocenters. The van der Waals surface area contributed by atoms with Gasteiger partial charge in [-0.15, -0.1) is 12.4 Å². The molecule has 0 aliphatic carbocycles. The molecule has 1 atom stereocenters. The van der Waals surface area contributed by atoms with Crippen LogP contribution in [0, 0.1) is 0 Å². The van der Waals surface area contributed by atoms with Crippen LogP contribution in [0.5, 0.6) is 0 Å². The molecule has 1 aliphatic heterocycles. The summed E-state index contributed by atoms with van der Waals surface area (Å²) in [6.07, 6.45) is 1.77. The van der Waals surface area contributed by atoms with E-state index in [-0.39, 0.29) is 24.4 Å². The molecule has 1 aromatic rings. The van der Waals surface area contributed by atoms with Gasteiger partial charge in [0.2, 0.25) is 5.91 Å². The summed E-state index contributed by atoms with van der Waals surface area (Å²) in [5, 5.41) is 0. The number of carbonyl (C=O) groups excluding carboxylic acids is 1. The molecule has 2 N–H and O–H groups in total. The van der Waals surface area contributed by atoms with E-state index >= 15 is 0 Å². The fourth-order valence-corrected chi connectivity index (χ4v) is 2.04. The van der Waals surface area contributed by atoms with Gasteiger partial charge in [-0.2, -0.15) is 0 Å². The summed E-state index contributed by atoms with van der Waals surface area (Å²) in [5.74, 6) is 0.0311. The number of hydrogen-bond acceptors (Lipinski definition) is 2. The van der Waals surface area contributed by atoms with Gasteiger partial charge in [-0.3, -0.25) is 4.79 Å². The highest BCUT2D eigenvalue weighted by atomic mass is 79.9. The lowest BCUT2D eigenvalue weighted by Gasteiger charge is -2.30. The topological polar surface area (TPSA) is 46.3 Å². The van der Waals surface area contributed by atoms with Crippen molar-refractivity contribution in [2.75, 3.05) is 11.4 Å². The van der Waals surface area contributed by atoms with Gasteiger partial charge in [0.05, 0.1) is 6.04 Å². The van der Waals surface area contributed by atoms with Crippen LogP contribution in [0.25, 0.3) is 0 Å². The average Bonchev–Trinajstić information content (AvgIpc) is 2.24. The van der Waals surface area contributed by atoms with Gasteiger partial charge < -0.3 is 10.6 Å². The van der Waals surface area contributed by atoms with Gasteiger partial charge in [0.1, 0.15) is 0 Å². The maximum atomic E-state index is 11.8. The molecule has 3 nitrogen and oxygen atoms in total. The Morgan fingerprint density at radius 1 is 1.31 bits per heavy atom. The minimum absolute atomic E-state index is 0. The largest absolute Gasteiger partial charge is 0.320 e. The summed E-state index contributed by atoms with van der Waals surface area (Å²) in [6.45, 7) is 0.772. The smallest absolute Gasteiger partial charge is 0.243 e. The number of hydrogen-bond donors (Lipinski definition) is 1. The SMILES string of the molecule is Cl.N[C@H]1CCCN(c2ccc(Br)cc2)C1=O. The fourth-order valence-electron chi connectivity index (χ4n) is 1.78. The van der Waals surface area contributed by atoms with Gasteiger partial charge in [-0.05, 0) is 37.1 Å². The summed E-state index contributed by atoms with van der Waals surface area (Å²) in [7, 11) is 0. The monoisotopic (exact) mass is 304 g/mol. The standard InChI is InChI=1S/C11H13BrN2O.ClH/c12-8-3-5-9(6-4-8)14-7-1-2-10(13)11(14)15;/h3-6,10H,1-2,7,13H2;1H/t10-;/m0./s1. The van der Waals surface area contributed by atoms with Crippen molar-refractivity contribution in [3.8, 4) is 0 Å². The van der Waals surface area contributed by atoms with Crippen molar-refractivity contribution in [1.82, 2.24) is 0 Å². The Bertz CT molecular complexity index is 369. The summed E-state index contributed by atoms with van der Waals surface area (Å²) in [4.78, 5) is 13.6. The highest BCUT2D eigenvalue weighted by molar-refractivity contribution is 9.10. The second-order valence-corrected chi connectivity index (χ2v) is 4.63. The van der Waals surface area contributed by atoms with Crippen LogP contribution in [0.15, 0.2) is 28.7 Å². The first kappa shape index (κ1) is 13.5. The highest BCUT2D eigenvalue weighted by Gasteiger charge is 2.26. The molecule has 0 saturated carbocycles. The molecule has 1 amide bonds. The second kappa shape index (κ2) is 5.66. The third-order valence-corrected chi connectivity index (χ3v) is 3.15. The molecule has 1 heterocycles. The van der Waals surface area contributed by atoms with E-state index in [2.05, 4.69) is 15.9 Å². The number of nitrogens with zero attached hydrogens (tertiary/aromatic N) is 1. The number of anilines is 1. The van der Waals surface area contributed by atoms with E-state index in [1.165, 1.54) is 0 Å². The highest BCUT2D eigenvalue weighted by Crippen LogP contribution is 2.22. The lowest BCUT2D eigenvalue weighted by molar-refractivity contribution is -0.120. The van der Waals surface area contributed by atoms with Crippen molar-refractivity contribution in [2.24, 2.45) is 5.73 Å². The molecule has 0 aromatic heterocycles. The van der Waals surface area contributed by atoms with Crippen molar-refractivity contribution >= 4 is 39.9 Å². The Balaban J connectivity index is 0.00000128. The number of benzene rings is 1. The van der Waals surface area contributed by atoms with Gasteiger partial charge in [-0.25, -0.2) is 0 Å². The van der Waals surface area contributed by atoms with Crippen molar-refractivity contribution in [3.05, 3.63) is 28.7 Å². The Hall–Kier alpha value is -0.580. The zero-order valence-electron chi connectivity index (χ0n) is 8.73. The van der Waals surface area contributed by atoms with E-state index in [0.717, 1.165) is 29.5 Å². The van der Waals surface area contributed by atoms with E-state index in [1.54, 1.807) is 4.90 Å². The van der Waals surface area contributed by atoms with Crippen LogP contribution in [0.4, 0.5) is 5.69 Å². The van der Waals surface area contributed by atoms with E-state index in [0.29, 0.717) is 0 Å². The number of halogens is 2. The number of piperidine rings is 1. The minimum Gasteiger partial charge on any atom is -0.320 e. The van der Waals surface area contributed by atoms with E-state index in [9.17, 15) is 4.79 Å². The van der Waals surface area contributed by atoms with Crippen LogP contribution in [-0.2, 0) is 4.79 Å². The predicted molar refractivity (Wildman–Crippen MR) is 71.0 cm³/mol. The van der Waals surface area contributed by atoms with Gasteiger partial charge in [0.25, 0.3) is 0 Å². The zero-order chi connectivity index (χ0) is 10.8. The predicted octanol–water partition coefficient (Wildman–Crippen LogP) is 2.33. The molecule has 2 rings (SSSR count). The third-order valence-electron chi connectivity index (χ3n) is 2.62. The Kier molecular flexibility index (Phi) is 4.77. The van der Waals surface area contributed by atoms with Crippen LogP contribution < -0.4 is 10.6 Å². The van der Waals surface area contributed by atoms with Crippen LogP contribution in [-0.4, -0.2) is 18.5 Å². The normalized spacial score (nSPS) is 20.5. The van der Waals surface area contributed by atoms with E-state index in [1.807, 2.05) is 24.3 Å². The van der Waals surface area contributed by atoms with Crippen molar-refractivity contribution < 1.29 is 4.79 Å². The third kappa shape index (κ3) is 2.75. The van der Waals surface area contributed by atoms with Gasteiger partial charge in [0, 0.05) is 16.7 Å². The first-order chi connectivity index (χ1) is 7.18. The summed E-state index contributed by atoms with van der Waals surface area (Å²) >= 11 is 3.37. The lowest BCUT2D eigenvalue weighted by Crippen LogP contribution is -2.48. The summed E-state index contributed by atoms with van der Waals surface area (Å²) < 4.78 is 1.01. The number of rotatable bonds is 1. The Morgan fingerprint density at radius 3 is 2.56 bits per heavy atom. The van der Waals surface area contributed by atoms with Gasteiger partial charge in [0.15, 0.2) is 0 Å². The van der Waals surface area contributed by atoms with Crippen LogP contribution in [0.3, 0.4) is 0 Å². The molecule has 5 heteroatoms. The minimum atomic E-state index is -0.331. The molecule has 88 valence electrons. The van der Waals surface area contributed by atoms with Crippen molar-refractivity contribution in [3.63, 3.8) is 0 Å². The van der Waals surface area contributed by atoms with E-state index in [4.69, 9.17) is 5.73 Å². The molecular weight excluding hydrogens is 291 g/mol. The average molecular weight is 306 g/mol. The van der Waals surface area contributed by atoms with Crippen molar-refractivity contribution in [1.29, 1.82) is 0 Å². The quantitative estimate of drug-likeness (QED) is 0.865. The Morgan fingerprint density at radius 2 is 1.94 bits per heavy atom. The molecule has 1 aliphatic rings. The molecule has 1 fully saturated rings. The number of nitrogens with two attached hydrogens (primary N) is 1. The number of amides is 1. The molecule has 1 saturated heterocycles. The first-order valence-electron chi connectivity index (χ1n) is 5.01. The summed E-state index contributed by atoms with van der Waals surface area (Å²) in [5.41, 5.74) is 6.66. The number of carbonyl (C=O) groups is 1. The first-order valence-corrected chi connectivity index (χ1v) is 5.80. The zero-order valence-corrected chi connectivity index (χ0v) is 11.1. The molecule has 1 aromatic carbocycles. The molecule has 0 spiro atoms. The maximum Gasteiger partial charge on any atom is 0.243 e. The Labute approximate surface area is 110 Å². The lowest BCUT2D eigenvalue weighted by atomic mass is 10.1. The van der Waals surface area contributed by atoms with Crippen LogP contribution >= 0.6 is 28.3 Å². The molecule has 16 heavy (non-hydrogen) atoms. The molecule has 0 radical (unpaired) electrons. The van der Waals surface area contributed by atoms with E-state index < -0.39 is 0 Å².